The number of sulfonamides is 1. The van der Waals surface area contributed by atoms with E-state index in [1.54, 1.807) is 32.9 Å². The Hall–Kier alpha value is -1.51. The zero-order chi connectivity index (χ0) is 21.8. The minimum absolute atomic E-state index is 0.0653. The summed E-state index contributed by atoms with van der Waals surface area (Å²) in [6.45, 7) is 8.24. The van der Waals surface area contributed by atoms with Gasteiger partial charge < -0.3 is 13.8 Å². The van der Waals surface area contributed by atoms with Gasteiger partial charge in [0, 0.05) is 18.8 Å². The quantitative estimate of drug-likeness (QED) is 0.446. The Bertz CT molecular complexity index is 914. The van der Waals surface area contributed by atoms with Crippen molar-refractivity contribution in [1.82, 2.24) is 4.31 Å². The first kappa shape index (κ1) is 23.8. The van der Waals surface area contributed by atoms with E-state index < -0.39 is 29.7 Å². The highest BCUT2D eigenvalue weighted by Gasteiger charge is 2.42. The molecule has 0 spiro atoms. The number of hydrogen-bond acceptors (Lipinski definition) is 7. The summed E-state index contributed by atoms with van der Waals surface area (Å²) in [5.74, 6) is -0.558. The fraction of sp³-hybridized carbons (Fsp3) is 0.526. The van der Waals surface area contributed by atoms with Crippen molar-refractivity contribution in [1.29, 1.82) is 0 Å². The lowest BCUT2D eigenvalue weighted by atomic mass is 10.2. The van der Waals surface area contributed by atoms with Gasteiger partial charge in [0.25, 0.3) is 0 Å². The second-order valence-corrected chi connectivity index (χ2v) is 10.8. The van der Waals surface area contributed by atoms with Crippen LogP contribution in [0.25, 0.3) is 0 Å². The fourth-order valence-electron chi connectivity index (χ4n) is 3.10. The molecule has 1 atom stereocenters. The standard InChI is InChI=1S/C19H28NO7PS/c1-6-25-28(22,26-7-2)15(4)18-12-20(13-19(18)27-16(5)21)29(23,24)17-10-8-14(3)9-11-17/h8-11,19H,6-7,12-13H2,1-5H3/b18-15-. The summed E-state index contributed by atoms with van der Waals surface area (Å²) in [6.07, 6.45) is -0.859. The van der Waals surface area contributed by atoms with Crippen molar-refractivity contribution in [2.75, 3.05) is 26.3 Å². The molecule has 0 radical (unpaired) electrons. The number of ether oxygens (including phenoxy) is 1. The van der Waals surface area contributed by atoms with Crippen LogP contribution >= 0.6 is 7.60 Å². The van der Waals surface area contributed by atoms with E-state index in [0.29, 0.717) is 5.57 Å². The first-order chi connectivity index (χ1) is 13.5. The lowest BCUT2D eigenvalue weighted by Crippen LogP contribution is -2.30. The smallest absolute Gasteiger partial charge is 0.357 e. The summed E-state index contributed by atoms with van der Waals surface area (Å²) in [7, 11) is -7.45. The third-order valence-electron chi connectivity index (χ3n) is 4.55. The largest absolute Gasteiger partial charge is 0.457 e. The number of nitrogens with zero attached hydrogens (tertiary/aromatic N) is 1. The highest BCUT2D eigenvalue weighted by atomic mass is 32.2. The molecule has 29 heavy (non-hydrogen) atoms. The predicted octanol–water partition coefficient (Wildman–Crippen LogP) is 3.47. The molecule has 0 bridgehead atoms. The Morgan fingerprint density at radius 2 is 1.69 bits per heavy atom. The summed E-state index contributed by atoms with van der Waals surface area (Å²) in [5, 5.41) is 0.272. The average molecular weight is 445 g/mol. The maximum absolute atomic E-state index is 13.2. The third kappa shape index (κ3) is 5.35. The number of allylic oxidation sites excluding steroid dienone is 1. The Morgan fingerprint density at radius 1 is 1.14 bits per heavy atom. The van der Waals surface area contributed by atoms with Gasteiger partial charge in [0.2, 0.25) is 10.0 Å². The molecule has 1 aromatic carbocycles. The molecule has 0 N–H and O–H groups in total. The highest BCUT2D eigenvalue weighted by Crippen LogP contribution is 2.57. The van der Waals surface area contributed by atoms with Crippen molar-refractivity contribution in [2.24, 2.45) is 0 Å². The zero-order valence-electron chi connectivity index (χ0n) is 17.4. The average Bonchev–Trinajstić information content (AvgIpc) is 3.05. The summed E-state index contributed by atoms with van der Waals surface area (Å²) in [4.78, 5) is 11.7. The first-order valence-corrected chi connectivity index (χ1v) is 12.4. The van der Waals surface area contributed by atoms with Gasteiger partial charge in [-0.2, -0.15) is 4.31 Å². The molecule has 8 nitrogen and oxygen atoms in total. The van der Waals surface area contributed by atoms with Crippen LogP contribution in [0, 0.1) is 6.92 Å². The molecule has 1 aromatic rings. The van der Waals surface area contributed by atoms with Crippen LogP contribution in [0.15, 0.2) is 40.0 Å². The van der Waals surface area contributed by atoms with E-state index in [2.05, 4.69) is 0 Å². The molecule has 0 amide bonds. The van der Waals surface area contributed by atoms with Crippen LogP contribution in [0.5, 0.6) is 0 Å². The van der Waals surface area contributed by atoms with E-state index in [0.717, 1.165) is 5.56 Å². The normalized spacial score (nSPS) is 20.0. The number of hydrogen-bond donors (Lipinski definition) is 0. The maximum Gasteiger partial charge on any atom is 0.357 e. The van der Waals surface area contributed by atoms with Crippen LogP contribution in [0.3, 0.4) is 0 Å². The second-order valence-electron chi connectivity index (χ2n) is 6.65. The highest BCUT2D eigenvalue weighted by molar-refractivity contribution is 7.89. The monoisotopic (exact) mass is 445 g/mol. The van der Waals surface area contributed by atoms with Gasteiger partial charge in [-0.05, 0) is 45.4 Å². The van der Waals surface area contributed by atoms with Crippen LogP contribution < -0.4 is 0 Å². The number of esters is 1. The van der Waals surface area contributed by atoms with Crippen LogP contribution in [-0.2, 0) is 33.2 Å². The van der Waals surface area contributed by atoms with E-state index in [4.69, 9.17) is 13.8 Å². The number of aryl methyl sites for hydroxylation is 1. The molecule has 1 aliphatic heterocycles. The number of benzene rings is 1. The summed E-state index contributed by atoms with van der Waals surface area (Å²) >= 11 is 0. The van der Waals surface area contributed by atoms with Crippen LogP contribution in [0.1, 0.15) is 33.3 Å². The Kier molecular flexibility index (Phi) is 7.81. The minimum Gasteiger partial charge on any atom is -0.457 e. The second kappa shape index (κ2) is 9.53. The van der Waals surface area contributed by atoms with Crippen molar-refractivity contribution in [2.45, 2.75) is 45.6 Å². The number of carbonyl (C=O) groups excluding carboxylic acids is 1. The molecule has 1 aliphatic rings. The molecule has 10 heteroatoms. The van der Waals surface area contributed by atoms with Crippen LogP contribution in [0.4, 0.5) is 0 Å². The van der Waals surface area contributed by atoms with Gasteiger partial charge in [-0.1, -0.05) is 17.7 Å². The SMILES string of the molecule is CCOP(=O)(OCC)/C(C)=C1/CN(S(=O)(=O)c2ccc(C)cc2)CC1OC(C)=O. The molecule has 1 heterocycles. The van der Waals surface area contributed by atoms with Crippen molar-refractivity contribution in [3.05, 3.63) is 40.7 Å². The molecule has 2 rings (SSSR count). The molecule has 0 saturated carbocycles. The van der Waals surface area contributed by atoms with E-state index >= 15 is 0 Å². The topological polar surface area (TPSA) is 99.2 Å². The fourth-order valence-corrected chi connectivity index (χ4v) is 6.22. The predicted molar refractivity (Wildman–Crippen MR) is 109 cm³/mol. The first-order valence-electron chi connectivity index (χ1n) is 9.38. The van der Waals surface area contributed by atoms with E-state index in [1.807, 2.05) is 6.92 Å². The Morgan fingerprint density at radius 3 is 2.17 bits per heavy atom. The van der Waals surface area contributed by atoms with Crippen LogP contribution in [0.2, 0.25) is 0 Å². The van der Waals surface area contributed by atoms with Gasteiger partial charge in [-0.3, -0.25) is 9.36 Å². The maximum atomic E-state index is 13.2. The van der Waals surface area contributed by atoms with Crippen molar-refractivity contribution < 1.29 is 31.6 Å². The van der Waals surface area contributed by atoms with Crippen molar-refractivity contribution in [3.8, 4) is 0 Å². The molecule has 0 aliphatic carbocycles. The Balaban J connectivity index is 2.48. The summed E-state index contributed by atoms with van der Waals surface area (Å²) in [5.41, 5.74) is 1.36. The van der Waals surface area contributed by atoms with Gasteiger partial charge in [-0.25, -0.2) is 8.42 Å². The number of carbonyl (C=O) groups is 1. The van der Waals surface area contributed by atoms with Crippen LogP contribution in [-0.4, -0.2) is 51.1 Å². The summed E-state index contributed by atoms with van der Waals surface area (Å²) < 4.78 is 56.7. The van der Waals surface area contributed by atoms with E-state index in [1.165, 1.54) is 23.4 Å². The molecule has 162 valence electrons. The molecular formula is C19H28NO7PS. The van der Waals surface area contributed by atoms with Gasteiger partial charge in [0.05, 0.1) is 24.7 Å². The molecule has 1 unspecified atom stereocenters. The third-order valence-corrected chi connectivity index (χ3v) is 8.68. The molecule has 0 aromatic heterocycles. The number of rotatable bonds is 8. The minimum atomic E-state index is -3.82. The van der Waals surface area contributed by atoms with Gasteiger partial charge in [0.15, 0.2) is 0 Å². The Labute approximate surface area is 172 Å². The lowest BCUT2D eigenvalue weighted by molar-refractivity contribution is -0.144. The molecule has 1 fully saturated rings. The zero-order valence-corrected chi connectivity index (χ0v) is 19.1. The van der Waals surface area contributed by atoms with E-state index in [-0.39, 0.29) is 36.5 Å². The van der Waals surface area contributed by atoms with Gasteiger partial charge in [-0.15, -0.1) is 0 Å². The van der Waals surface area contributed by atoms with Crippen molar-refractivity contribution >= 4 is 23.6 Å². The summed E-state index contributed by atoms with van der Waals surface area (Å²) in [6, 6.07) is 6.50. The van der Waals surface area contributed by atoms with Gasteiger partial charge >= 0.3 is 13.6 Å². The molecule has 1 saturated heterocycles. The van der Waals surface area contributed by atoms with E-state index in [9.17, 15) is 17.8 Å². The molecular weight excluding hydrogens is 417 g/mol. The van der Waals surface area contributed by atoms with Crippen molar-refractivity contribution in [3.63, 3.8) is 0 Å². The van der Waals surface area contributed by atoms with Gasteiger partial charge in [0.1, 0.15) is 6.10 Å². The lowest BCUT2D eigenvalue weighted by Gasteiger charge is -2.21.